The molecule has 0 aromatic rings. The summed E-state index contributed by atoms with van der Waals surface area (Å²) in [6, 6.07) is 0. The third kappa shape index (κ3) is 0.955. The maximum atomic E-state index is 10.5. The molecule has 1 aliphatic rings. The summed E-state index contributed by atoms with van der Waals surface area (Å²) in [6.45, 7) is 0. The summed E-state index contributed by atoms with van der Waals surface area (Å²) in [7, 11) is 1.95. The third-order valence-electron chi connectivity index (χ3n) is 1.16. The fourth-order valence-electron chi connectivity index (χ4n) is 0.635. The fraction of sp³-hybridized carbons (Fsp3) is 0.500. The van der Waals surface area contributed by atoms with Crippen LogP contribution in [0.4, 0.5) is 0 Å². The van der Waals surface area contributed by atoms with Gasteiger partial charge in [0.25, 0.3) is 5.91 Å². The molecule has 1 rings (SSSR count). The van der Waals surface area contributed by atoms with E-state index in [0.29, 0.717) is 0 Å². The first kappa shape index (κ1) is 6.65. The molecule has 2 atom stereocenters. The van der Waals surface area contributed by atoms with Gasteiger partial charge in [-0.15, -0.1) is 0 Å². The Morgan fingerprint density at radius 1 is 1.67 bits per heavy atom. The molecule has 0 aromatic heterocycles. The SMILES string of the molecule is O=C1C[C@H](O)C(=O)N1P. The molecular weight excluding hydrogens is 141 g/mol. The van der Waals surface area contributed by atoms with Gasteiger partial charge in [-0.25, -0.2) is 0 Å². The predicted molar refractivity (Wildman–Crippen MR) is 32.2 cm³/mol. The van der Waals surface area contributed by atoms with Gasteiger partial charge >= 0.3 is 0 Å². The Morgan fingerprint density at radius 2 is 2.22 bits per heavy atom. The number of nitrogens with zero attached hydrogens (tertiary/aromatic N) is 1. The average molecular weight is 147 g/mol. The monoisotopic (exact) mass is 147 g/mol. The molecular formula is C4H6NO3P. The topological polar surface area (TPSA) is 57.6 Å². The smallest absolute Gasteiger partial charge is 0.261 e. The van der Waals surface area contributed by atoms with E-state index >= 15 is 0 Å². The van der Waals surface area contributed by atoms with Gasteiger partial charge in [0.1, 0.15) is 6.10 Å². The lowest BCUT2D eigenvalue weighted by molar-refractivity contribution is -0.134. The van der Waals surface area contributed by atoms with Gasteiger partial charge in [-0.05, 0) is 9.39 Å². The van der Waals surface area contributed by atoms with Crippen LogP contribution in [-0.2, 0) is 9.59 Å². The number of aliphatic hydroxyl groups excluding tert-OH is 1. The van der Waals surface area contributed by atoms with E-state index in [1.165, 1.54) is 0 Å². The predicted octanol–water partition coefficient (Wildman–Crippen LogP) is -1.10. The summed E-state index contributed by atoms with van der Waals surface area (Å²) < 4.78 is 0.852. The van der Waals surface area contributed by atoms with Crippen LogP contribution in [0.3, 0.4) is 0 Å². The standard InChI is InChI=1S/C4H6NO3P/c6-2-1-3(7)5(9)4(2)8/h2,6H,1,9H2/t2-/m0/s1. The van der Waals surface area contributed by atoms with E-state index in [-0.39, 0.29) is 12.3 Å². The highest BCUT2D eigenvalue weighted by Crippen LogP contribution is 2.15. The van der Waals surface area contributed by atoms with E-state index < -0.39 is 12.0 Å². The van der Waals surface area contributed by atoms with Crippen LogP contribution in [-0.4, -0.2) is 27.7 Å². The second-order valence-electron chi connectivity index (χ2n) is 1.82. The average Bonchev–Trinajstić information content (AvgIpc) is 1.98. The molecule has 0 bridgehead atoms. The quantitative estimate of drug-likeness (QED) is 0.349. The Labute approximate surface area is 54.1 Å². The van der Waals surface area contributed by atoms with Crippen molar-refractivity contribution in [2.24, 2.45) is 0 Å². The van der Waals surface area contributed by atoms with Gasteiger partial charge in [-0.3, -0.25) is 14.3 Å². The zero-order chi connectivity index (χ0) is 7.02. The van der Waals surface area contributed by atoms with E-state index in [2.05, 4.69) is 0 Å². The Bertz CT molecular complexity index is 169. The molecule has 0 aliphatic carbocycles. The number of carbonyl (C=O) groups is 2. The Kier molecular flexibility index (Phi) is 1.51. The molecule has 4 nitrogen and oxygen atoms in total. The molecule has 0 saturated carbocycles. The fourth-order valence-corrected chi connectivity index (χ4v) is 0.912. The molecule has 0 aromatic carbocycles. The first-order valence-corrected chi connectivity index (χ1v) is 2.94. The Balaban J connectivity index is 2.77. The van der Waals surface area contributed by atoms with Crippen LogP contribution in [0, 0.1) is 0 Å². The number of rotatable bonds is 0. The molecule has 9 heavy (non-hydrogen) atoms. The number of hydrogen-bond donors (Lipinski definition) is 1. The highest BCUT2D eigenvalue weighted by Gasteiger charge is 2.34. The van der Waals surface area contributed by atoms with Crippen LogP contribution < -0.4 is 0 Å². The van der Waals surface area contributed by atoms with Crippen molar-refractivity contribution in [3.05, 3.63) is 0 Å². The van der Waals surface area contributed by atoms with E-state index in [4.69, 9.17) is 5.11 Å². The molecule has 5 heteroatoms. The number of carbonyl (C=O) groups excluding carboxylic acids is 2. The normalized spacial score (nSPS) is 27.8. The van der Waals surface area contributed by atoms with Crippen LogP contribution in [0.1, 0.15) is 6.42 Å². The minimum absolute atomic E-state index is 0.0810. The highest BCUT2D eigenvalue weighted by atomic mass is 31.0. The highest BCUT2D eigenvalue weighted by molar-refractivity contribution is 7.16. The maximum Gasteiger partial charge on any atom is 0.261 e. The molecule has 1 fully saturated rings. The molecule has 1 unspecified atom stereocenters. The van der Waals surface area contributed by atoms with E-state index in [1.807, 2.05) is 9.39 Å². The lowest BCUT2D eigenvalue weighted by Gasteiger charge is -2.02. The Morgan fingerprint density at radius 3 is 2.33 bits per heavy atom. The molecule has 0 spiro atoms. The summed E-state index contributed by atoms with van der Waals surface area (Å²) in [4.78, 5) is 21.1. The number of imide groups is 1. The lowest BCUT2D eigenvalue weighted by atomic mass is 10.3. The molecule has 0 radical (unpaired) electrons. The molecule has 2 amide bonds. The van der Waals surface area contributed by atoms with Crippen molar-refractivity contribution in [2.45, 2.75) is 12.5 Å². The second kappa shape index (κ2) is 2.05. The van der Waals surface area contributed by atoms with Gasteiger partial charge in [0.2, 0.25) is 5.91 Å². The van der Waals surface area contributed by atoms with Gasteiger partial charge in [0, 0.05) is 0 Å². The molecule has 1 aliphatic heterocycles. The molecule has 1 N–H and O–H groups in total. The van der Waals surface area contributed by atoms with Crippen molar-refractivity contribution >= 4 is 21.2 Å². The summed E-state index contributed by atoms with van der Waals surface area (Å²) in [5.41, 5.74) is 0. The third-order valence-corrected chi connectivity index (χ3v) is 1.70. The largest absolute Gasteiger partial charge is 0.383 e. The number of hydrogen-bond acceptors (Lipinski definition) is 3. The van der Waals surface area contributed by atoms with Crippen LogP contribution >= 0.6 is 9.39 Å². The zero-order valence-electron chi connectivity index (χ0n) is 4.57. The summed E-state index contributed by atoms with van der Waals surface area (Å²) in [5, 5.41) is 8.71. The Hall–Kier alpha value is -0.470. The van der Waals surface area contributed by atoms with Gasteiger partial charge in [0.15, 0.2) is 0 Å². The van der Waals surface area contributed by atoms with Gasteiger partial charge < -0.3 is 5.11 Å². The van der Waals surface area contributed by atoms with Crippen LogP contribution in [0.5, 0.6) is 0 Å². The van der Waals surface area contributed by atoms with Gasteiger partial charge in [-0.2, -0.15) is 0 Å². The molecule has 50 valence electrons. The molecule has 1 heterocycles. The van der Waals surface area contributed by atoms with Crippen LogP contribution in [0.25, 0.3) is 0 Å². The van der Waals surface area contributed by atoms with E-state index in [0.717, 1.165) is 4.67 Å². The van der Waals surface area contributed by atoms with E-state index in [9.17, 15) is 9.59 Å². The van der Waals surface area contributed by atoms with Gasteiger partial charge in [-0.1, -0.05) is 0 Å². The minimum atomic E-state index is -1.12. The van der Waals surface area contributed by atoms with Crippen molar-refractivity contribution in [1.82, 2.24) is 4.67 Å². The minimum Gasteiger partial charge on any atom is -0.383 e. The van der Waals surface area contributed by atoms with Crippen molar-refractivity contribution in [3.8, 4) is 0 Å². The van der Waals surface area contributed by atoms with Crippen LogP contribution in [0.2, 0.25) is 0 Å². The first-order valence-electron chi connectivity index (χ1n) is 2.42. The van der Waals surface area contributed by atoms with Crippen molar-refractivity contribution in [2.75, 3.05) is 0 Å². The van der Waals surface area contributed by atoms with Crippen molar-refractivity contribution in [1.29, 1.82) is 0 Å². The lowest BCUT2D eigenvalue weighted by Crippen LogP contribution is -2.21. The second-order valence-corrected chi connectivity index (χ2v) is 2.34. The summed E-state index contributed by atoms with van der Waals surface area (Å²) in [5.74, 6) is -0.887. The van der Waals surface area contributed by atoms with Crippen LogP contribution in [0.15, 0.2) is 0 Å². The first-order chi connectivity index (χ1) is 4.13. The number of aliphatic hydroxyl groups is 1. The number of amides is 2. The van der Waals surface area contributed by atoms with Crippen molar-refractivity contribution < 1.29 is 14.7 Å². The molecule has 1 saturated heterocycles. The van der Waals surface area contributed by atoms with Crippen molar-refractivity contribution in [3.63, 3.8) is 0 Å². The van der Waals surface area contributed by atoms with E-state index in [1.54, 1.807) is 0 Å². The zero-order valence-corrected chi connectivity index (χ0v) is 5.73. The summed E-state index contributed by atoms with van der Waals surface area (Å²) in [6.07, 6.45) is -1.20. The van der Waals surface area contributed by atoms with Gasteiger partial charge in [0.05, 0.1) is 6.42 Å². The summed E-state index contributed by atoms with van der Waals surface area (Å²) >= 11 is 0. The maximum absolute atomic E-state index is 10.5.